The monoisotopic (exact) mass is 242 g/mol. The van der Waals surface area contributed by atoms with Crippen molar-refractivity contribution in [3.63, 3.8) is 0 Å². The number of hydrogen-bond donors (Lipinski definition) is 1. The molecule has 0 saturated heterocycles. The van der Waals surface area contributed by atoms with Crippen LogP contribution < -0.4 is 5.32 Å². The first-order valence-corrected chi connectivity index (χ1v) is 5.26. The summed E-state index contributed by atoms with van der Waals surface area (Å²) in [6.07, 6.45) is 1.89. The molecule has 0 bridgehead atoms. The largest absolute Gasteiger partial charge is 0.308 e. The van der Waals surface area contributed by atoms with E-state index in [0.29, 0.717) is 12.1 Å². The fraction of sp³-hybridized carbons (Fsp3) is 0.500. The van der Waals surface area contributed by atoms with Gasteiger partial charge in [-0.05, 0) is 34.5 Å². The Morgan fingerprint density at radius 1 is 1.31 bits per heavy atom. The summed E-state index contributed by atoms with van der Waals surface area (Å²) < 4.78 is 0.882. The summed E-state index contributed by atoms with van der Waals surface area (Å²) in [5.74, 6) is 0. The van der Waals surface area contributed by atoms with E-state index < -0.39 is 0 Å². The van der Waals surface area contributed by atoms with E-state index >= 15 is 0 Å². The molecule has 0 amide bonds. The number of aromatic nitrogens is 1. The van der Waals surface area contributed by atoms with Crippen LogP contribution in [0.4, 0.5) is 0 Å². The third-order valence-electron chi connectivity index (χ3n) is 1.83. The second kappa shape index (κ2) is 4.72. The average Bonchev–Trinajstić information content (AvgIpc) is 2.04. The fourth-order valence-electron chi connectivity index (χ4n) is 1.24. The number of nitrogens with one attached hydrogen (secondary N) is 1. The van der Waals surface area contributed by atoms with E-state index in [-0.39, 0.29) is 0 Å². The molecule has 0 spiro atoms. The zero-order valence-corrected chi connectivity index (χ0v) is 9.80. The molecule has 1 heterocycles. The van der Waals surface area contributed by atoms with Crippen molar-refractivity contribution in [2.45, 2.75) is 32.9 Å². The maximum atomic E-state index is 4.18. The van der Waals surface area contributed by atoms with E-state index in [9.17, 15) is 0 Å². The van der Waals surface area contributed by atoms with Gasteiger partial charge in [-0.2, -0.15) is 0 Å². The van der Waals surface area contributed by atoms with Gasteiger partial charge >= 0.3 is 0 Å². The molecule has 0 fully saturated rings. The molecule has 1 rings (SSSR count). The Kier molecular flexibility index (Phi) is 3.88. The van der Waals surface area contributed by atoms with Gasteiger partial charge in [0.05, 0.1) is 0 Å². The first kappa shape index (κ1) is 10.7. The lowest BCUT2D eigenvalue weighted by molar-refractivity contribution is 0.505. The SMILES string of the molecule is CC(C)NC(C)c1ccc(Br)nc1. The highest BCUT2D eigenvalue weighted by Gasteiger charge is 2.05. The van der Waals surface area contributed by atoms with Gasteiger partial charge in [-0.25, -0.2) is 4.98 Å². The maximum Gasteiger partial charge on any atom is 0.106 e. The molecular formula is C10H15BrN2. The Morgan fingerprint density at radius 2 is 2.00 bits per heavy atom. The maximum absolute atomic E-state index is 4.18. The number of pyridine rings is 1. The third kappa shape index (κ3) is 3.44. The molecule has 0 radical (unpaired) electrons. The standard InChI is InChI=1S/C10H15BrN2/c1-7(2)13-8(3)9-4-5-10(11)12-6-9/h4-8,13H,1-3H3. The van der Waals surface area contributed by atoms with E-state index in [1.54, 1.807) is 0 Å². The van der Waals surface area contributed by atoms with Crippen molar-refractivity contribution < 1.29 is 0 Å². The molecule has 2 nitrogen and oxygen atoms in total. The van der Waals surface area contributed by atoms with Gasteiger partial charge in [0.15, 0.2) is 0 Å². The van der Waals surface area contributed by atoms with Crippen LogP contribution in [0.5, 0.6) is 0 Å². The van der Waals surface area contributed by atoms with Gasteiger partial charge in [0.1, 0.15) is 4.60 Å². The molecule has 1 unspecified atom stereocenters. The van der Waals surface area contributed by atoms with Crippen molar-refractivity contribution in [2.75, 3.05) is 0 Å². The Bertz CT molecular complexity index is 256. The van der Waals surface area contributed by atoms with E-state index in [4.69, 9.17) is 0 Å². The highest BCUT2D eigenvalue weighted by Crippen LogP contribution is 2.14. The number of nitrogens with zero attached hydrogens (tertiary/aromatic N) is 1. The fourth-order valence-corrected chi connectivity index (χ4v) is 1.47. The summed E-state index contributed by atoms with van der Waals surface area (Å²) in [7, 11) is 0. The van der Waals surface area contributed by atoms with Crippen LogP contribution in [0.25, 0.3) is 0 Å². The van der Waals surface area contributed by atoms with Gasteiger partial charge in [-0.3, -0.25) is 0 Å². The van der Waals surface area contributed by atoms with Crippen LogP contribution in [0.2, 0.25) is 0 Å². The predicted molar refractivity (Wildman–Crippen MR) is 58.6 cm³/mol. The first-order valence-electron chi connectivity index (χ1n) is 4.47. The molecule has 1 N–H and O–H groups in total. The van der Waals surface area contributed by atoms with E-state index in [1.807, 2.05) is 12.3 Å². The topological polar surface area (TPSA) is 24.9 Å². The summed E-state index contributed by atoms with van der Waals surface area (Å²) in [5.41, 5.74) is 1.22. The number of hydrogen-bond acceptors (Lipinski definition) is 2. The molecule has 0 aliphatic heterocycles. The van der Waals surface area contributed by atoms with Crippen LogP contribution >= 0.6 is 15.9 Å². The van der Waals surface area contributed by atoms with Gasteiger partial charge in [0, 0.05) is 18.3 Å². The summed E-state index contributed by atoms with van der Waals surface area (Å²) >= 11 is 3.31. The van der Waals surface area contributed by atoms with E-state index in [1.165, 1.54) is 5.56 Å². The van der Waals surface area contributed by atoms with Crippen molar-refractivity contribution >= 4 is 15.9 Å². The van der Waals surface area contributed by atoms with Gasteiger partial charge in [0.2, 0.25) is 0 Å². The average molecular weight is 243 g/mol. The minimum absolute atomic E-state index is 0.362. The molecule has 0 saturated carbocycles. The van der Waals surface area contributed by atoms with Crippen LogP contribution in [-0.4, -0.2) is 11.0 Å². The Labute approximate surface area is 87.9 Å². The molecule has 0 aliphatic carbocycles. The lowest BCUT2D eigenvalue weighted by atomic mass is 10.1. The van der Waals surface area contributed by atoms with Crippen LogP contribution in [0.3, 0.4) is 0 Å². The molecule has 72 valence electrons. The van der Waals surface area contributed by atoms with Crippen LogP contribution in [0.15, 0.2) is 22.9 Å². The number of rotatable bonds is 3. The zero-order chi connectivity index (χ0) is 9.84. The van der Waals surface area contributed by atoms with Crippen LogP contribution in [0, 0.1) is 0 Å². The second-order valence-corrected chi connectivity index (χ2v) is 4.27. The molecule has 1 atom stereocenters. The third-order valence-corrected chi connectivity index (χ3v) is 2.30. The minimum atomic E-state index is 0.362. The van der Waals surface area contributed by atoms with Gasteiger partial charge < -0.3 is 5.32 Å². The molecule has 1 aromatic heterocycles. The van der Waals surface area contributed by atoms with Gasteiger partial charge in [-0.15, -0.1) is 0 Å². The van der Waals surface area contributed by atoms with Gasteiger partial charge in [0.25, 0.3) is 0 Å². The van der Waals surface area contributed by atoms with E-state index in [2.05, 4.69) is 53.1 Å². The minimum Gasteiger partial charge on any atom is -0.308 e. The van der Waals surface area contributed by atoms with Crippen LogP contribution in [0.1, 0.15) is 32.4 Å². The van der Waals surface area contributed by atoms with Gasteiger partial charge in [-0.1, -0.05) is 19.9 Å². The quantitative estimate of drug-likeness (QED) is 0.825. The van der Waals surface area contributed by atoms with Crippen molar-refractivity contribution in [3.05, 3.63) is 28.5 Å². The van der Waals surface area contributed by atoms with Crippen molar-refractivity contribution in [1.82, 2.24) is 10.3 Å². The highest BCUT2D eigenvalue weighted by atomic mass is 79.9. The molecule has 0 aliphatic rings. The summed E-state index contributed by atoms with van der Waals surface area (Å²) in [4.78, 5) is 4.18. The lowest BCUT2D eigenvalue weighted by Crippen LogP contribution is -2.26. The Morgan fingerprint density at radius 3 is 2.46 bits per heavy atom. The summed E-state index contributed by atoms with van der Waals surface area (Å²) in [6, 6.07) is 4.91. The Hall–Kier alpha value is -0.410. The smallest absolute Gasteiger partial charge is 0.106 e. The highest BCUT2D eigenvalue weighted by molar-refractivity contribution is 9.10. The Balaban J connectivity index is 2.66. The second-order valence-electron chi connectivity index (χ2n) is 3.46. The number of halogens is 1. The predicted octanol–water partition coefficient (Wildman–Crippen LogP) is 2.90. The van der Waals surface area contributed by atoms with Crippen molar-refractivity contribution in [1.29, 1.82) is 0 Å². The first-order chi connectivity index (χ1) is 6.09. The van der Waals surface area contributed by atoms with Crippen molar-refractivity contribution in [2.24, 2.45) is 0 Å². The van der Waals surface area contributed by atoms with Crippen LogP contribution in [-0.2, 0) is 0 Å². The normalized spacial score (nSPS) is 13.3. The lowest BCUT2D eigenvalue weighted by Gasteiger charge is -2.16. The summed E-state index contributed by atoms with van der Waals surface area (Å²) in [6.45, 7) is 6.43. The molecular weight excluding hydrogens is 228 g/mol. The molecule has 13 heavy (non-hydrogen) atoms. The molecule has 0 aromatic carbocycles. The molecule has 3 heteroatoms. The summed E-state index contributed by atoms with van der Waals surface area (Å²) in [5, 5.41) is 3.42. The zero-order valence-electron chi connectivity index (χ0n) is 8.21. The molecule has 1 aromatic rings. The van der Waals surface area contributed by atoms with E-state index in [0.717, 1.165) is 4.60 Å². The van der Waals surface area contributed by atoms with Crippen molar-refractivity contribution in [3.8, 4) is 0 Å².